The van der Waals surface area contributed by atoms with E-state index in [2.05, 4.69) is 17.1 Å². The van der Waals surface area contributed by atoms with Gasteiger partial charge in [0, 0.05) is 11.6 Å². The lowest BCUT2D eigenvalue weighted by Gasteiger charge is -2.07. The predicted octanol–water partition coefficient (Wildman–Crippen LogP) is 2.29. The molecule has 0 aromatic carbocycles. The Labute approximate surface area is 88.9 Å². The van der Waals surface area contributed by atoms with Gasteiger partial charge in [0.05, 0.1) is 5.56 Å². The van der Waals surface area contributed by atoms with Crippen molar-refractivity contribution in [2.24, 2.45) is 0 Å². The lowest BCUT2D eigenvalue weighted by molar-refractivity contribution is 0.991. The second-order valence-corrected chi connectivity index (χ2v) is 4.56. The molecule has 0 bridgehead atoms. The lowest BCUT2D eigenvalue weighted by atomic mass is 10.0. The molecule has 15 heavy (non-hydrogen) atoms. The second kappa shape index (κ2) is 2.96. The number of anilines is 1. The third kappa shape index (κ3) is 1.46. The number of aromatic nitrogens is 1. The number of nitrogens with zero attached hydrogens (tertiary/aromatic N) is 2. The average molecular weight is 199 g/mol. The van der Waals surface area contributed by atoms with E-state index in [9.17, 15) is 0 Å². The minimum atomic E-state index is 0.434. The number of nitriles is 1. The molecule has 76 valence electrons. The molecule has 2 N–H and O–H groups in total. The van der Waals surface area contributed by atoms with Crippen LogP contribution in [0.1, 0.15) is 54.3 Å². The molecule has 0 atom stereocenters. The summed E-state index contributed by atoms with van der Waals surface area (Å²) in [6, 6.07) is 4.30. The molecule has 1 aromatic rings. The first-order valence-corrected chi connectivity index (χ1v) is 5.50. The Morgan fingerprint density at radius 1 is 1.27 bits per heavy atom. The van der Waals surface area contributed by atoms with Crippen molar-refractivity contribution in [2.75, 3.05) is 5.73 Å². The average Bonchev–Trinajstić information content (AvgIpc) is 3.07. The topological polar surface area (TPSA) is 62.7 Å². The minimum absolute atomic E-state index is 0.434. The molecule has 1 aromatic heterocycles. The van der Waals surface area contributed by atoms with Crippen LogP contribution in [0.5, 0.6) is 0 Å². The van der Waals surface area contributed by atoms with Crippen LogP contribution in [0.15, 0.2) is 6.07 Å². The van der Waals surface area contributed by atoms with Gasteiger partial charge in [-0.05, 0) is 43.2 Å². The summed E-state index contributed by atoms with van der Waals surface area (Å²) in [4.78, 5) is 4.33. The molecule has 3 heteroatoms. The van der Waals surface area contributed by atoms with Gasteiger partial charge >= 0.3 is 0 Å². The number of pyridine rings is 1. The van der Waals surface area contributed by atoms with Gasteiger partial charge < -0.3 is 5.73 Å². The molecule has 3 nitrogen and oxygen atoms in total. The van der Waals surface area contributed by atoms with Gasteiger partial charge in [0.1, 0.15) is 11.9 Å². The van der Waals surface area contributed by atoms with Gasteiger partial charge in [0.2, 0.25) is 0 Å². The largest absolute Gasteiger partial charge is 0.383 e. The highest BCUT2D eigenvalue weighted by molar-refractivity contribution is 5.56. The maximum absolute atomic E-state index is 9.05. The third-order valence-electron chi connectivity index (χ3n) is 3.22. The molecular weight excluding hydrogens is 186 g/mol. The van der Waals surface area contributed by atoms with E-state index in [0.717, 1.165) is 11.3 Å². The summed E-state index contributed by atoms with van der Waals surface area (Å²) in [6.45, 7) is 0. The fourth-order valence-electron chi connectivity index (χ4n) is 2.03. The van der Waals surface area contributed by atoms with Gasteiger partial charge in [-0.15, -0.1) is 0 Å². The zero-order valence-corrected chi connectivity index (χ0v) is 8.53. The standard InChI is InChI=1S/C12H13N3/c13-6-10-9(7-1-2-7)5-11(8-3-4-8)15-12(10)14/h5,7-8H,1-4H2,(H2,14,15). The summed E-state index contributed by atoms with van der Waals surface area (Å²) in [5.41, 5.74) is 8.69. The molecule has 0 radical (unpaired) electrons. The molecule has 3 rings (SSSR count). The molecule has 0 spiro atoms. The van der Waals surface area contributed by atoms with Crippen molar-refractivity contribution in [1.82, 2.24) is 4.98 Å². The van der Waals surface area contributed by atoms with Crippen molar-refractivity contribution in [3.63, 3.8) is 0 Å². The van der Waals surface area contributed by atoms with Crippen LogP contribution < -0.4 is 5.73 Å². The molecule has 2 aliphatic carbocycles. The highest BCUT2D eigenvalue weighted by Crippen LogP contribution is 2.46. The van der Waals surface area contributed by atoms with Crippen LogP contribution in [-0.2, 0) is 0 Å². The van der Waals surface area contributed by atoms with Crippen molar-refractivity contribution >= 4 is 5.82 Å². The van der Waals surface area contributed by atoms with Crippen LogP contribution in [0.25, 0.3) is 0 Å². The molecule has 0 saturated heterocycles. The normalized spacial score (nSPS) is 19.9. The van der Waals surface area contributed by atoms with Gasteiger partial charge in [-0.2, -0.15) is 5.26 Å². The summed E-state index contributed by atoms with van der Waals surface area (Å²) < 4.78 is 0. The van der Waals surface area contributed by atoms with Crippen LogP contribution in [0.4, 0.5) is 5.82 Å². The van der Waals surface area contributed by atoms with Crippen LogP contribution in [0, 0.1) is 11.3 Å². The highest BCUT2D eigenvalue weighted by atomic mass is 14.9. The van der Waals surface area contributed by atoms with Gasteiger partial charge in [-0.1, -0.05) is 0 Å². The van der Waals surface area contributed by atoms with Crippen LogP contribution in [0.2, 0.25) is 0 Å². The minimum Gasteiger partial charge on any atom is -0.383 e. The van der Waals surface area contributed by atoms with Crippen molar-refractivity contribution in [3.05, 3.63) is 22.9 Å². The quantitative estimate of drug-likeness (QED) is 0.794. The van der Waals surface area contributed by atoms with Crippen LogP contribution in [-0.4, -0.2) is 4.98 Å². The first-order valence-electron chi connectivity index (χ1n) is 5.50. The van der Waals surface area contributed by atoms with E-state index in [1.54, 1.807) is 0 Å². The fraction of sp³-hybridized carbons (Fsp3) is 0.500. The Morgan fingerprint density at radius 2 is 1.93 bits per heavy atom. The number of hydrogen-bond donors (Lipinski definition) is 1. The summed E-state index contributed by atoms with van der Waals surface area (Å²) in [7, 11) is 0. The Balaban J connectivity index is 2.11. The number of rotatable bonds is 2. The Morgan fingerprint density at radius 3 is 2.47 bits per heavy atom. The van der Waals surface area contributed by atoms with E-state index in [4.69, 9.17) is 11.0 Å². The van der Waals surface area contributed by atoms with Crippen molar-refractivity contribution in [2.45, 2.75) is 37.5 Å². The van der Waals surface area contributed by atoms with Crippen LogP contribution in [0.3, 0.4) is 0 Å². The summed E-state index contributed by atoms with van der Waals surface area (Å²) >= 11 is 0. The monoisotopic (exact) mass is 199 g/mol. The van der Waals surface area contributed by atoms with Crippen molar-refractivity contribution in [3.8, 4) is 6.07 Å². The number of hydrogen-bond acceptors (Lipinski definition) is 3. The van der Waals surface area contributed by atoms with Crippen molar-refractivity contribution in [1.29, 1.82) is 5.26 Å². The van der Waals surface area contributed by atoms with Gasteiger partial charge in [-0.25, -0.2) is 4.98 Å². The van der Waals surface area contributed by atoms with Crippen molar-refractivity contribution < 1.29 is 0 Å². The molecule has 1 heterocycles. The molecular formula is C12H13N3. The highest BCUT2D eigenvalue weighted by Gasteiger charge is 2.31. The predicted molar refractivity (Wildman–Crippen MR) is 57.3 cm³/mol. The van der Waals surface area contributed by atoms with Gasteiger partial charge in [0.15, 0.2) is 0 Å². The van der Waals surface area contributed by atoms with Gasteiger partial charge in [-0.3, -0.25) is 0 Å². The maximum Gasteiger partial charge on any atom is 0.141 e. The Hall–Kier alpha value is -1.56. The molecule has 0 aliphatic heterocycles. The molecule has 2 aliphatic rings. The molecule has 2 saturated carbocycles. The Kier molecular flexibility index (Phi) is 1.72. The zero-order valence-electron chi connectivity index (χ0n) is 8.53. The summed E-state index contributed by atoms with van der Waals surface area (Å²) in [5, 5.41) is 9.05. The second-order valence-electron chi connectivity index (χ2n) is 4.56. The first kappa shape index (κ1) is 8.72. The van der Waals surface area contributed by atoms with E-state index in [0.29, 0.717) is 23.2 Å². The van der Waals surface area contributed by atoms with E-state index >= 15 is 0 Å². The first-order chi connectivity index (χ1) is 7.29. The summed E-state index contributed by atoms with van der Waals surface area (Å²) in [5.74, 6) is 1.61. The smallest absolute Gasteiger partial charge is 0.141 e. The zero-order chi connectivity index (χ0) is 10.4. The lowest BCUT2D eigenvalue weighted by Crippen LogP contribution is -2.02. The van der Waals surface area contributed by atoms with Gasteiger partial charge in [0.25, 0.3) is 0 Å². The molecule has 0 amide bonds. The fourth-order valence-corrected chi connectivity index (χ4v) is 2.03. The molecule has 0 unspecified atom stereocenters. The SMILES string of the molecule is N#Cc1c(C2CC2)cc(C2CC2)nc1N. The van der Waals surface area contributed by atoms with E-state index in [1.807, 2.05) is 0 Å². The van der Waals surface area contributed by atoms with E-state index in [1.165, 1.54) is 25.7 Å². The number of nitrogens with two attached hydrogens (primary N) is 1. The van der Waals surface area contributed by atoms with E-state index in [-0.39, 0.29) is 0 Å². The van der Waals surface area contributed by atoms with Crippen LogP contribution >= 0.6 is 0 Å². The Bertz CT molecular complexity index is 451. The maximum atomic E-state index is 9.05. The number of nitrogen functional groups attached to an aromatic ring is 1. The van der Waals surface area contributed by atoms with E-state index < -0.39 is 0 Å². The third-order valence-corrected chi connectivity index (χ3v) is 3.22. The molecule has 2 fully saturated rings. The summed E-state index contributed by atoms with van der Waals surface area (Å²) in [6.07, 6.45) is 4.84.